The van der Waals surface area contributed by atoms with Crippen LogP contribution in [-0.2, 0) is 13.3 Å². The van der Waals surface area contributed by atoms with E-state index in [4.69, 9.17) is 13.3 Å². The molecule has 0 aromatic rings. The Kier molecular flexibility index (Phi) is 8.54. The van der Waals surface area contributed by atoms with E-state index in [9.17, 15) is 0 Å². The second kappa shape index (κ2) is 10.1. The molecule has 2 saturated carbocycles. The van der Waals surface area contributed by atoms with Gasteiger partial charge in [-0.2, -0.15) is 0 Å². The van der Waals surface area contributed by atoms with Gasteiger partial charge >= 0.3 is 8.80 Å². The highest BCUT2D eigenvalue weighted by Gasteiger charge is 2.38. The molecule has 0 amide bonds. The van der Waals surface area contributed by atoms with Crippen LogP contribution in [0.15, 0.2) is 0 Å². The third-order valence-electron chi connectivity index (χ3n) is 5.92. The van der Waals surface area contributed by atoms with E-state index in [0.717, 1.165) is 24.5 Å². The van der Waals surface area contributed by atoms with E-state index < -0.39 is 8.80 Å². The largest absolute Gasteiger partial charge is 0.500 e. The average molecular weight is 344 g/mol. The number of hydrogen-bond acceptors (Lipinski definition) is 4. The van der Waals surface area contributed by atoms with E-state index in [-0.39, 0.29) is 0 Å². The van der Waals surface area contributed by atoms with E-state index >= 15 is 0 Å². The lowest BCUT2D eigenvalue weighted by Gasteiger charge is -2.42. The zero-order chi connectivity index (χ0) is 16.5. The summed E-state index contributed by atoms with van der Waals surface area (Å²) in [6.45, 7) is 1.18. The van der Waals surface area contributed by atoms with Crippen LogP contribution >= 0.6 is 0 Å². The zero-order valence-electron chi connectivity index (χ0n) is 15.5. The monoisotopic (exact) mass is 343 g/mol. The van der Waals surface area contributed by atoms with Crippen LogP contribution in [0.1, 0.15) is 70.6 Å². The van der Waals surface area contributed by atoms with Gasteiger partial charge in [0.2, 0.25) is 0 Å². The lowest BCUT2D eigenvalue weighted by atomic mass is 9.88. The molecule has 0 atom stereocenters. The summed E-state index contributed by atoms with van der Waals surface area (Å²) in [6, 6.07) is 2.55. The third-order valence-corrected chi connectivity index (χ3v) is 8.75. The van der Waals surface area contributed by atoms with Crippen molar-refractivity contribution in [2.24, 2.45) is 0 Å². The first kappa shape index (κ1) is 19.4. The molecule has 0 aromatic carbocycles. The summed E-state index contributed by atoms with van der Waals surface area (Å²) in [5.41, 5.74) is 0. The van der Waals surface area contributed by atoms with Crippen molar-refractivity contribution in [3.8, 4) is 0 Å². The van der Waals surface area contributed by atoms with Crippen LogP contribution < -0.4 is 0 Å². The average Bonchev–Trinajstić information content (AvgIpc) is 2.64. The lowest BCUT2D eigenvalue weighted by molar-refractivity contribution is 0.0764. The topological polar surface area (TPSA) is 30.9 Å². The van der Waals surface area contributed by atoms with Gasteiger partial charge in [-0.15, -0.1) is 0 Å². The molecule has 2 rings (SSSR count). The smallest absolute Gasteiger partial charge is 0.377 e. The Morgan fingerprint density at radius 1 is 0.739 bits per heavy atom. The van der Waals surface area contributed by atoms with Gasteiger partial charge in [-0.25, -0.2) is 0 Å². The third kappa shape index (κ3) is 5.53. The molecule has 5 heteroatoms. The Labute approximate surface area is 144 Å². The summed E-state index contributed by atoms with van der Waals surface area (Å²) in [6.07, 6.45) is 15.3. The Hall–Kier alpha value is 0.0569. The molecule has 0 N–H and O–H groups in total. The fourth-order valence-electron chi connectivity index (χ4n) is 4.52. The molecule has 2 fully saturated rings. The van der Waals surface area contributed by atoms with Crippen LogP contribution in [0.4, 0.5) is 0 Å². The summed E-state index contributed by atoms with van der Waals surface area (Å²) in [5, 5.41) is 0. The van der Waals surface area contributed by atoms with Crippen molar-refractivity contribution in [3.05, 3.63) is 0 Å². The second-order valence-electron chi connectivity index (χ2n) is 7.22. The highest BCUT2D eigenvalue weighted by atomic mass is 28.4. The lowest BCUT2D eigenvalue weighted by Crippen LogP contribution is -2.47. The van der Waals surface area contributed by atoms with E-state index in [0.29, 0.717) is 0 Å². The maximum atomic E-state index is 5.58. The molecular formula is C18H37NO3Si. The SMILES string of the molecule is CO[Si](CCCN(C1CCCCC1)C1CCCCC1)(OC)OC. The quantitative estimate of drug-likeness (QED) is 0.587. The normalized spacial score (nSPS) is 21.9. The molecule has 0 heterocycles. The van der Waals surface area contributed by atoms with Gasteiger partial charge in [-0.05, 0) is 38.6 Å². The molecule has 0 aromatic heterocycles. The maximum Gasteiger partial charge on any atom is 0.500 e. The maximum absolute atomic E-state index is 5.58. The van der Waals surface area contributed by atoms with Crippen molar-refractivity contribution >= 4 is 8.80 Å². The van der Waals surface area contributed by atoms with Crippen molar-refractivity contribution < 1.29 is 13.3 Å². The van der Waals surface area contributed by atoms with Crippen LogP contribution in [0.25, 0.3) is 0 Å². The van der Waals surface area contributed by atoms with Crippen molar-refractivity contribution in [3.63, 3.8) is 0 Å². The van der Waals surface area contributed by atoms with E-state index in [2.05, 4.69) is 4.90 Å². The molecule has 2 aliphatic carbocycles. The summed E-state index contributed by atoms with van der Waals surface area (Å²) in [7, 11) is 2.75. The van der Waals surface area contributed by atoms with Crippen molar-refractivity contribution in [2.45, 2.75) is 88.8 Å². The Morgan fingerprint density at radius 3 is 1.57 bits per heavy atom. The first-order valence-corrected chi connectivity index (χ1v) is 11.6. The van der Waals surface area contributed by atoms with Gasteiger partial charge in [-0.3, -0.25) is 4.90 Å². The molecular weight excluding hydrogens is 306 g/mol. The van der Waals surface area contributed by atoms with Crippen molar-refractivity contribution in [1.29, 1.82) is 0 Å². The van der Waals surface area contributed by atoms with E-state index in [1.807, 2.05) is 0 Å². The fourth-order valence-corrected chi connectivity index (χ4v) is 6.23. The van der Waals surface area contributed by atoms with Gasteiger partial charge < -0.3 is 13.3 Å². The van der Waals surface area contributed by atoms with Crippen LogP contribution in [0.2, 0.25) is 6.04 Å². The number of hydrogen-bond donors (Lipinski definition) is 0. The van der Waals surface area contributed by atoms with Gasteiger partial charge in [0.15, 0.2) is 0 Å². The van der Waals surface area contributed by atoms with Crippen LogP contribution in [0.3, 0.4) is 0 Å². The number of nitrogens with zero attached hydrogens (tertiary/aromatic N) is 1. The summed E-state index contributed by atoms with van der Waals surface area (Å²) in [4.78, 5) is 2.86. The summed E-state index contributed by atoms with van der Waals surface area (Å²) in [5.74, 6) is 0. The van der Waals surface area contributed by atoms with Crippen LogP contribution in [0.5, 0.6) is 0 Å². The second-order valence-corrected chi connectivity index (χ2v) is 10.3. The zero-order valence-corrected chi connectivity index (χ0v) is 16.5. The van der Waals surface area contributed by atoms with E-state index in [1.165, 1.54) is 70.8 Å². The molecule has 23 heavy (non-hydrogen) atoms. The highest BCUT2D eigenvalue weighted by molar-refractivity contribution is 6.60. The molecule has 0 unspecified atom stereocenters. The molecule has 4 nitrogen and oxygen atoms in total. The highest BCUT2D eigenvalue weighted by Crippen LogP contribution is 2.31. The van der Waals surface area contributed by atoms with Crippen LogP contribution in [0, 0.1) is 0 Å². The summed E-state index contributed by atoms with van der Waals surface area (Å²) < 4.78 is 16.8. The molecule has 0 spiro atoms. The minimum atomic E-state index is -2.41. The first-order valence-electron chi connectivity index (χ1n) is 9.66. The predicted octanol–water partition coefficient (Wildman–Crippen LogP) is 4.22. The van der Waals surface area contributed by atoms with Gasteiger partial charge in [0.25, 0.3) is 0 Å². The van der Waals surface area contributed by atoms with Gasteiger partial charge in [0.05, 0.1) is 0 Å². The fraction of sp³-hybridized carbons (Fsp3) is 1.00. The van der Waals surface area contributed by atoms with Gasteiger partial charge in [0, 0.05) is 39.5 Å². The molecule has 0 saturated heterocycles. The molecule has 0 aliphatic heterocycles. The minimum Gasteiger partial charge on any atom is -0.377 e. The standard InChI is InChI=1S/C18H37NO3Si/c1-20-23(21-2,22-3)16-10-15-19(17-11-6-4-7-12-17)18-13-8-5-9-14-18/h17-18H,4-16H2,1-3H3. The number of rotatable bonds is 9. The van der Waals surface area contributed by atoms with Gasteiger partial charge in [0.1, 0.15) is 0 Å². The Balaban J connectivity index is 1.91. The van der Waals surface area contributed by atoms with Crippen LogP contribution in [-0.4, -0.2) is 53.7 Å². The first-order chi connectivity index (χ1) is 11.2. The Morgan fingerprint density at radius 2 is 1.17 bits per heavy atom. The molecule has 136 valence electrons. The van der Waals surface area contributed by atoms with Crippen molar-refractivity contribution in [1.82, 2.24) is 4.90 Å². The molecule has 0 radical (unpaired) electrons. The Bertz CT molecular complexity index is 287. The molecule has 2 aliphatic rings. The van der Waals surface area contributed by atoms with Gasteiger partial charge in [-0.1, -0.05) is 38.5 Å². The molecule has 0 bridgehead atoms. The summed E-state index contributed by atoms with van der Waals surface area (Å²) >= 11 is 0. The van der Waals surface area contributed by atoms with E-state index in [1.54, 1.807) is 21.3 Å². The predicted molar refractivity (Wildman–Crippen MR) is 96.7 cm³/mol. The minimum absolute atomic E-state index is 0.815. The van der Waals surface area contributed by atoms with Crippen molar-refractivity contribution in [2.75, 3.05) is 27.9 Å².